The summed E-state index contributed by atoms with van der Waals surface area (Å²) in [5.74, 6) is 0.922. The van der Waals surface area contributed by atoms with Crippen molar-refractivity contribution in [2.45, 2.75) is 43.9 Å². The Morgan fingerprint density at radius 3 is 2.47 bits per heavy atom. The van der Waals surface area contributed by atoms with E-state index in [9.17, 15) is 14.7 Å². The molecular weight excluding hydrogens is 458 g/mol. The van der Waals surface area contributed by atoms with Gasteiger partial charge >= 0.3 is 6.03 Å². The largest absolute Gasteiger partial charge is 0.497 e. The third-order valence-corrected chi connectivity index (χ3v) is 7.82. The van der Waals surface area contributed by atoms with Gasteiger partial charge in [0, 0.05) is 44.3 Å². The van der Waals surface area contributed by atoms with Crippen LogP contribution in [0.15, 0.2) is 48.5 Å². The summed E-state index contributed by atoms with van der Waals surface area (Å²) in [6, 6.07) is 16.1. The van der Waals surface area contributed by atoms with E-state index < -0.39 is 11.6 Å². The standard InChI is InChI=1S/C27H35N5O4/c1-19(33)25(34)30-12-10-27(11-13-30)18-31(23-8-6-21(7-9-23)22-15-28-29-16-22)26(35)32(27)17-20-4-3-5-24(14-20)36-2/h3-9,14,19,22,28-29,33H,10-13,15-18H2,1-2H3. The van der Waals surface area contributed by atoms with Gasteiger partial charge in [-0.2, -0.15) is 0 Å². The molecule has 2 aromatic carbocycles. The first-order chi connectivity index (χ1) is 17.4. The summed E-state index contributed by atoms with van der Waals surface area (Å²) in [6.45, 7) is 5.35. The lowest BCUT2D eigenvalue weighted by Gasteiger charge is -2.44. The monoisotopic (exact) mass is 493 g/mol. The molecule has 3 N–H and O–H groups in total. The molecule has 9 nitrogen and oxygen atoms in total. The second kappa shape index (κ2) is 10.1. The van der Waals surface area contributed by atoms with E-state index in [0.29, 0.717) is 44.9 Å². The van der Waals surface area contributed by atoms with Crippen LogP contribution >= 0.6 is 0 Å². The highest BCUT2D eigenvalue weighted by Gasteiger charge is 2.51. The van der Waals surface area contributed by atoms with E-state index in [1.807, 2.05) is 46.2 Å². The van der Waals surface area contributed by atoms with Crippen molar-refractivity contribution in [1.29, 1.82) is 0 Å². The molecule has 1 spiro atoms. The number of nitrogens with zero attached hydrogens (tertiary/aromatic N) is 3. The van der Waals surface area contributed by atoms with Crippen LogP contribution in [0.25, 0.3) is 0 Å². The molecule has 3 fully saturated rings. The van der Waals surface area contributed by atoms with Gasteiger partial charge in [-0.15, -0.1) is 0 Å². The lowest BCUT2D eigenvalue weighted by atomic mass is 9.86. The van der Waals surface area contributed by atoms with E-state index in [1.165, 1.54) is 12.5 Å². The summed E-state index contributed by atoms with van der Waals surface area (Å²) < 4.78 is 5.40. The van der Waals surface area contributed by atoms with E-state index in [4.69, 9.17) is 4.74 Å². The smallest absolute Gasteiger partial charge is 0.325 e. The summed E-state index contributed by atoms with van der Waals surface area (Å²) in [7, 11) is 1.64. The fraction of sp³-hybridized carbons (Fsp3) is 0.481. The average molecular weight is 494 g/mol. The van der Waals surface area contributed by atoms with Gasteiger partial charge in [-0.25, -0.2) is 4.79 Å². The van der Waals surface area contributed by atoms with Crippen LogP contribution in [0.2, 0.25) is 0 Å². The molecule has 3 aliphatic rings. The number of likely N-dealkylation sites (tertiary alicyclic amines) is 1. The summed E-state index contributed by atoms with van der Waals surface area (Å²) in [5, 5.41) is 9.78. The van der Waals surface area contributed by atoms with Crippen molar-refractivity contribution < 1.29 is 19.4 Å². The van der Waals surface area contributed by atoms with Gasteiger partial charge in [0.2, 0.25) is 0 Å². The SMILES string of the molecule is COc1cccc(CN2C(=O)N(c3ccc(C4CNNC4)cc3)CC23CCN(C(=O)C(C)O)CC3)c1. The van der Waals surface area contributed by atoms with E-state index in [-0.39, 0.29) is 11.9 Å². The number of urea groups is 1. The molecule has 0 bridgehead atoms. The Balaban J connectivity index is 1.40. The second-order valence-corrected chi connectivity index (χ2v) is 10.1. The molecular formula is C27H35N5O4. The predicted octanol–water partition coefficient (Wildman–Crippen LogP) is 2.07. The van der Waals surface area contributed by atoms with E-state index in [0.717, 1.165) is 30.1 Å². The quantitative estimate of drug-likeness (QED) is 0.570. The van der Waals surface area contributed by atoms with Crippen LogP contribution in [0.5, 0.6) is 5.75 Å². The van der Waals surface area contributed by atoms with Gasteiger partial charge in [0.1, 0.15) is 11.9 Å². The van der Waals surface area contributed by atoms with Crippen molar-refractivity contribution in [2.24, 2.45) is 0 Å². The van der Waals surface area contributed by atoms with Gasteiger partial charge in [-0.3, -0.25) is 20.5 Å². The number of hydrogen-bond donors (Lipinski definition) is 3. The van der Waals surface area contributed by atoms with Crippen LogP contribution < -0.4 is 20.5 Å². The number of hydrogen-bond acceptors (Lipinski definition) is 6. The third kappa shape index (κ3) is 4.66. The van der Waals surface area contributed by atoms with E-state index in [2.05, 4.69) is 23.0 Å². The summed E-state index contributed by atoms with van der Waals surface area (Å²) in [5.41, 5.74) is 9.08. The number of rotatable bonds is 6. The van der Waals surface area contributed by atoms with Crippen LogP contribution in [0, 0.1) is 0 Å². The van der Waals surface area contributed by atoms with Crippen LogP contribution in [0.1, 0.15) is 36.8 Å². The topological polar surface area (TPSA) is 97.4 Å². The minimum Gasteiger partial charge on any atom is -0.497 e. The fourth-order valence-electron chi connectivity index (χ4n) is 5.65. The lowest BCUT2D eigenvalue weighted by molar-refractivity contribution is -0.141. The Morgan fingerprint density at radius 1 is 1.14 bits per heavy atom. The molecule has 3 aliphatic heterocycles. The normalized spacial score (nSPS) is 20.9. The number of amides is 3. The maximum absolute atomic E-state index is 13.9. The van der Waals surface area contributed by atoms with E-state index in [1.54, 1.807) is 12.0 Å². The molecule has 1 unspecified atom stereocenters. The molecule has 3 heterocycles. The van der Waals surface area contributed by atoms with Gasteiger partial charge in [-0.05, 0) is 55.2 Å². The number of methoxy groups -OCH3 is 1. The molecule has 5 rings (SSSR count). The van der Waals surface area contributed by atoms with Crippen LogP contribution in [-0.4, -0.2) is 78.3 Å². The maximum Gasteiger partial charge on any atom is 0.325 e. The molecule has 0 saturated carbocycles. The molecule has 0 aliphatic carbocycles. The average Bonchev–Trinajstić information content (AvgIpc) is 3.53. The molecule has 0 radical (unpaired) electrons. The number of aliphatic hydroxyl groups excluding tert-OH is 1. The fourth-order valence-corrected chi connectivity index (χ4v) is 5.65. The lowest BCUT2D eigenvalue weighted by Crippen LogP contribution is -2.56. The zero-order chi connectivity index (χ0) is 25.3. The van der Waals surface area contributed by atoms with Crippen LogP contribution in [0.3, 0.4) is 0 Å². The van der Waals surface area contributed by atoms with Gasteiger partial charge in [0.25, 0.3) is 5.91 Å². The number of nitrogens with one attached hydrogen (secondary N) is 2. The van der Waals surface area contributed by atoms with Crippen LogP contribution in [0.4, 0.5) is 10.5 Å². The van der Waals surface area contributed by atoms with E-state index >= 15 is 0 Å². The number of benzene rings is 2. The molecule has 9 heteroatoms. The minimum atomic E-state index is -1.02. The van der Waals surface area contributed by atoms with Crippen molar-refractivity contribution >= 4 is 17.6 Å². The third-order valence-electron chi connectivity index (χ3n) is 7.82. The van der Waals surface area contributed by atoms with Crippen molar-refractivity contribution in [2.75, 3.05) is 44.7 Å². The van der Waals surface area contributed by atoms with Gasteiger partial charge in [0.05, 0.1) is 19.2 Å². The number of carbonyl (C=O) groups excluding carboxylic acids is 2. The zero-order valence-electron chi connectivity index (χ0n) is 20.9. The molecule has 3 saturated heterocycles. The first kappa shape index (κ1) is 24.5. The Bertz CT molecular complexity index is 1090. The van der Waals surface area contributed by atoms with Crippen molar-refractivity contribution in [3.05, 3.63) is 59.7 Å². The van der Waals surface area contributed by atoms with Gasteiger partial charge in [-0.1, -0.05) is 24.3 Å². The molecule has 192 valence electrons. The van der Waals surface area contributed by atoms with Crippen LogP contribution in [-0.2, 0) is 11.3 Å². The number of hydrazine groups is 1. The Morgan fingerprint density at radius 2 is 1.83 bits per heavy atom. The number of anilines is 1. The summed E-state index contributed by atoms with van der Waals surface area (Å²) in [6.07, 6.45) is 0.307. The molecule has 36 heavy (non-hydrogen) atoms. The van der Waals surface area contributed by atoms with Gasteiger partial charge in [0.15, 0.2) is 0 Å². The molecule has 1 atom stereocenters. The second-order valence-electron chi connectivity index (χ2n) is 10.1. The highest BCUT2D eigenvalue weighted by molar-refractivity contribution is 5.95. The maximum atomic E-state index is 13.9. The first-order valence-corrected chi connectivity index (χ1v) is 12.6. The number of carbonyl (C=O) groups is 2. The summed E-state index contributed by atoms with van der Waals surface area (Å²) >= 11 is 0. The highest BCUT2D eigenvalue weighted by atomic mass is 16.5. The van der Waals surface area contributed by atoms with Crippen molar-refractivity contribution in [1.82, 2.24) is 20.7 Å². The molecule has 3 amide bonds. The highest BCUT2D eigenvalue weighted by Crippen LogP contribution is 2.40. The van der Waals surface area contributed by atoms with Crippen molar-refractivity contribution in [3.8, 4) is 5.75 Å². The Kier molecular flexibility index (Phi) is 6.87. The Labute approximate surface area is 212 Å². The number of aliphatic hydroxyl groups is 1. The first-order valence-electron chi connectivity index (χ1n) is 12.6. The molecule has 0 aromatic heterocycles. The zero-order valence-corrected chi connectivity index (χ0v) is 20.9. The minimum absolute atomic E-state index is 0.0231. The summed E-state index contributed by atoms with van der Waals surface area (Å²) in [4.78, 5) is 31.8. The molecule has 2 aromatic rings. The van der Waals surface area contributed by atoms with Gasteiger partial charge < -0.3 is 19.6 Å². The van der Waals surface area contributed by atoms with Crippen molar-refractivity contribution in [3.63, 3.8) is 0 Å². The number of piperidine rings is 1. The Hall–Kier alpha value is -3.14. The predicted molar refractivity (Wildman–Crippen MR) is 137 cm³/mol. The number of ether oxygens (including phenoxy) is 1.